The fourth-order valence-corrected chi connectivity index (χ4v) is 2.66. The van der Waals surface area contributed by atoms with Crippen LogP contribution in [0.3, 0.4) is 0 Å². The van der Waals surface area contributed by atoms with Crippen LogP contribution in [-0.4, -0.2) is 17.9 Å². The number of nitrogens with zero attached hydrogens (tertiary/aromatic N) is 1. The number of hydrogen-bond donors (Lipinski definition) is 1. The lowest BCUT2D eigenvalue weighted by atomic mass is 10.0. The van der Waals surface area contributed by atoms with Crippen molar-refractivity contribution in [1.82, 2.24) is 0 Å². The van der Waals surface area contributed by atoms with E-state index < -0.39 is 4.92 Å². The highest BCUT2D eigenvalue weighted by molar-refractivity contribution is 6.07. The molecule has 0 atom stereocenters. The monoisotopic (exact) mass is 314 g/mol. The lowest BCUT2D eigenvalue weighted by Gasteiger charge is -2.14. The van der Waals surface area contributed by atoms with Crippen LogP contribution in [0.5, 0.6) is 5.75 Å². The maximum absolute atomic E-state index is 12.5. The fourth-order valence-electron chi connectivity index (χ4n) is 2.66. The SMILES string of the molecule is COc1ccccc1C(=O)Nc1c(C)cc(C)c([N+](=O)[O-])c1C. The first-order valence-electron chi connectivity index (χ1n) is 7.06. The number of methoxy groups -OCH3 is 1. The summed E-state index contributed by atoms with van der Waals surface area (Å²) in [6, 6.07) is 8.52. The first-order chi connectivity index (χ1) is 10.9. The molecule has 1 amide bonds. The van der Waals surface area contributed by atoms with Gasteiger partial charge in [-0.2, -0.15) is 0 Å². The Balaban J connectivity index is 2.46. The van der Waals surface area contributed by atoms with E-state index in [0.717, 1.165) is 5.56 Å². The molecule has 2 aromatic carbocycles. The first kappa shape index (κ1) is 16.5. The molecular formula is C17H18N2O4. The molecule has 0 unspecified atom stereocenters. The number of amides is 1. The second-order valence-electron chi connectivity index (χ2n) is 5.27. The van der Waals surface area contributed by atoms with Gasteiger partial charge in [-0.05, 0) is 44.5 Å². The van der Waals surface area contributed by atoms with Gasteiger partial charge in [-0.1, -0.05) is 12.1 Å². The number of nitro groups is 1. The van der Waals surface area contributed by atoms with E-state index in [4.69, 9.17) is 4.74 Å². The summed E-state index contributed by atoms with van der Waals surface area (Å²) in [7, 11) is 1.49. The number of carbonyl (C=O) groups excluding carboxylic acids is 1. The second-order valence-corrected chi connectivity index (χ2v) is 5.27. The quantitative estimate of drug-likeness (QED) is 0.687. The van der Waals surface area contributed by atoms with E-state index >= 15 is 0 Å². The van der Waals surface area contributed by atoms with E-state index in [2.05, 4.69) is 5.32 Å². The molecule has 6 nitrogen and oxygen atoms in total. The van der Waals surface area contributed by atoms with Gasteiger partial charge in [0.1, 0.15) is 5.75 Å². The number of anilines is 1. The molecule has 6 heteroatoms. The molecule has 0 aliphatic heterocycles. The smallest absolute Gasteiger partial charge is 0.277 e. The number of nitrogens with one attached hydrogen (secondary N) is 1. The minimum Gasteiger partial charge on any atom is -0.496 e. The summed E-state index contributed by atoms with van der Waals surface area (Å²) in [6.07, 6.45) is 0. The average molecular weight is 314 g/mol. The third-order valence-corrected chi connectivity index (χ3v) is 3.70. The number of benzene rings is 2. The van der Waals surface area contributed by atoms with Crippen molar-refractivity contribution in [2.24, 2.45) is 0 Å². The van der Waals surface area contributed by atoms with Crippen molar-refractivity contribution in [2.45, 2.75) is 20.8 Å². The summed E-state index contributed by atoms with van der Waals surface area (Å²) in [4.78, 5) is 23.3. The standard InChI is InChI=1S/C17H18N2O4/c1-10-9-11(2)16(19(21)22)12(3)15(10)18-17(20)13-7-5-6-8-14(13)23-4/h5-9H,1-4H3,(H,18,20). The molecule has 0 radical (unpaired) electrons. The van der Waals surface area contributed by atoms with E-state index in [1.165, 1.54) is 7.11 Å². The molecule has 0 heterocycles. The van der Waals surface area contributed by atoms with Crippen molar-refractivity contribution in [2.75, 3.05) is 12.4 Å². The summed E-state index contributed by atoms with van der Waals surface area (Å²) in [5.41, 5.74) is 2.63. The van der Waals surface area contributed by atoms with Crippen LogP contribution >= 0.6 is 0 Å². The van der Waals surface area contributed by atoms with Crippen molar-refractivity contribution in [3.63, 3.8) is 0 Å². The van der Waals surface area contributed by atoms with Gasteiger partial charge in [0.25, 0.3) is 11.6 Å². The minimum absolute atomic E-state index is 0.0194. The Morgan fingerprint density at radius 3 is 2.43 bits per heavy atom. The van der Waals surface area contributed by atoms with Crippen molar-refractivity contribution < 1.29 is 14.5 Å². The van der Waals surface area contributed by atoms with Crippen LogP contribution in [0.2, 0.25) is 0 Å². The van der Waals surface area contributed by atoms with E-state index in [0.29, 0.717) is 28.1 Å². The summed E-state index contributed by atoms with van der Waals surface area (Å²) in [5.74, 6) is 0.0775. The van der Waals surface area contributed by atoms with E-state index in [1.807, 2.05) is 6.92 Å². The predicted molar refractivity (Wildman–Crippen MR) is 88.3 cm³/mol. The molecule has 1 N–H and O–H groups in total. The van der Waals surface area contributed by atoms with Gasteiger partial charge in [-0.25, -0.2) is 0 Å². The maximum atomic E-state index is 12.5. The average Bonchev–Trinajstić information content (AvgIpc) is 2.50. The van der Waals surface area contributed by atoms with Crippen molar-refractivity contribution in [3.05, 3.63) is 62.7 Å². The number of carbonyl (C=O) groups is 1. The van der Waals surface area contributed by atoms with Crippen molar-refractivity contribution >= 4 is 17.3 Å². The number of ether oxygens (including phenoxy) is 1. The van der Waals surface area contributed by atoms with E-state index in [9.17, 15) is 14.9 Å². The highest BCUT2D eigenvalue weighted by atomic mass is 16.6. The van der Waals surface area contributed by atoms with Crippen LogP contribution < -0.4 is 10.1 Å². The van der Waals surface area contributed by atoms with Crippen LogP contribution in [0, 0.1) is 30.9 Å². The summed E-state index contributed by atoms with van der Waals surface area (Å²) in [6.45, 7) is 5.13. The van der Waals surface area contributed by atoms with Crippen LogP contribution in [0.4, 0.5) is 11.4 Å². The van der Waals surface area contributed by atoms with Gasteiger partial charge in [-0.3, -0.25) is 14.9 Å². The lowest BCUT2D eigenvalue weighted by molar-refractivity contribution is -0.386. The zero-order chi connectivity index (χ0) is 17.1. The lowest BCUT2D eigenvalue weighted by Crippen LogP contribution is -2.15. The Labute approximate surface area is 134 Å². The fraction of sp³-hybridized carbons (Fsp3) is 0.235. The van der Waals surface area contributed by atoms with Gasteiger partial charge in [0, 0.05) is 5.56 Å². The summed E-state index contributed by atoms with van der Waals surface area (Å²) < 4.78 is 5.18. The van der Waals surface area contributed by atoms with E-state index in [1.54, 1.807) is 44.2 Å². The molecule has 23 heavy (non-hydrogen) atoms. The van der Waals surface area contributed by atoms with Gasteiger partial charge in [0.05, 0.1) is 28.8 Å². The van der Waals surface area contributed by atoms with Gasteiger partial charge in [-0.15, -0.1) is 0 Å². The van der Waals surface area contributed by atoms with Crippen molar-refractivity contribution in [3.8, 4) is 5.75 Å². The van der Waals surface area contributed by atoms with Gasteiger partial charge in [0.15, 0.2) is 0 Å². The predicted octanol–water partition coefficient (Wildman–Crippen LogP) is 3.78. The Kier molecular flexibility index (Phi) is 4.64. The van der Waals surface area contributed by atoms with Gasteiger partial charge in [0.2, 0.25) is 0 Å². The molecule has 0 spiro atoms. The molecule has 120 valence electrons. The van der Waals surface area contributed by atoms with Crippen LogP contribution in [0.1, 0.15) is 27.0 Å². The first-order valence-corrected chi connectivity index (χ1v) is 7.06. The zero-order valence-corrected chi connectivity index (χ0v) is 13.5. The Morgan fingerprint density at radius 1 is 1.17 bits per heavy atom. The summed E-state index contributed by atoms with van der Waals surface area (Å²) >= 11 is 0. The van der Waals surface area contributed by atoms with Gasteiger partial charge < -0.3 is 10.1 Å². The summed E-state index contributed by atoms with van der Waals surface area (Å²) in [5, 5.41) is 14.0. The normalized spacial score (nSPS) is 10.3. The largest absolute Gasteiger partial charge is 0.496 e. The molecule has 0 bridgehead atoms. The highest BCUT2D eigenvalue weighted by Crippen LogP contribution is 2.33. The van der Waals surface area contributed by atoms with Crippen LogP contribution in [0.15, 0.2) is 30.3 Å². The Hall–Kier alpha value is -2.89. The van der Waals surface area contributed by atoms with Crippen molar-refractivity contribution in [1.29, 1.82) is 0 Å². The Bertz CT molecular complexity index is 784. The maximum Gasteiger partial charge on any atom is 0.277 e. The van der Waals surface area contributed by atoms with Gasteiger partial charge >= 0.3 is 0 Å². The zero-order valence-electron chi connectivity index (χ0n) is 13.5. The van der Waals surface area contributed by atoms with Crippen LogP contribution in [0.25, 0.3) is 0 Å². The number of para-hydroxylation sites is 1. The molecule has 0 aliphatic carbocycles. The number of hydrogen-bond acceptors (Lipinski definition) is 4. The second kappa shape index (κ2) is 6.48. The minimum atomic E-state index is -0.428. The highest BCUT2D eigenvalue weighted by Gasteiger charge is 2.22. The van der Waals surface area contributed by atoms with Crippen LogP contribution in [-0.2, 0) is 0 Å². The molecule has 0 fully saturated rings. The third-order valence-electron chi connectivity index (χ3n) is 3.70. The molecule has 0 saturated heterocycles. The number of nitro benzene ring substituents is 1. The molecule has 2 rings (SSSR count). The molecule has 0 aliphatic rings. The van der Waals surface area contributed by atoms with E-state index in [-0.39, 0.29) is 11.6 Å². The molecule has 2 aromatic rings. The molecule has 0 aromatic heterocycles. The topological polar surface area (TPSA) is 81.5 Å². The number of rotatable bonds is 4. The molecule has 0 saturated carbocycles. The number of aryl methyl sites for hydroxylation is 2. The third kappa shape index (κ3) is 3.15. The molecular weight excluding hydrogens is 296 g/mol. The Morgan fingerprint density at radius 2 is 1.83 bits per heavy atom.